The first-order valence-corrected chi connectivity index (χ1v) is 11.1. The fraction of sp³-hybridized carbons (Fsp3) is 0.632. The molecule has 0 unspecified atom stereocenters. The third-order valence-electron chi connectivity index (χ3n) is 5.85. The van der Waals surface area contributed by atoms with Crippen molar-refractivity contribution in [3.05, 3.63) is 29.8 Å². The van der Waals surface area contributed by atoms with Crippen molar-refractivity contribution >= 4 is 45.6 Å². The molecule has 2 aliphatic rings. The van der Waals surface area contributed by atoms with Gasteiger partial charge in [-0.15, -0.1) is 24.0 Å². The fourth-order valence-corrected chi connectivity index (χ4v) is 5.26. The molecule has 0 amide bonds. The molecule has 6 nitrogen and oxygen atoms in total. The van der Waals surface area contributed by atoms with Crippen LogP contribution in [0.1, 0.15) is 38.2 Å². The highest BCUT2D eigenvalue weighted by atomic mass is 127. The van der Waals surface area contributed by atoms with E-state index in [1.807, 2.05) is 24.3 Å². The van der Waals surface area contributed by atoms with Gasteiger partial charge in [-0.1, -0.05) is 31.5 Å². The van der Waals surface area contributed by atoms with E-state index in [1.165, 1.54) is 25.7 Å². The standard InChI is InChI=1S/C19H30N4O2S.HI/c1-3-19(10-6-11-19)15-22-18(20-2)21-12-14-26(24,25)23-13-9-16-7-4-5-8-17(16)23;/h4-5,7-8H,3,6,9-15H2,1-2H3,(H2,20,21,22);1H. The first-order chi connectivity index (χ1) is 12.5. The Kier molecular flexibility index (Phi) is 7.79. The summed E-state index contributed by atoms with van der Waals surface area (Å²) >= 11 is 0. The van der Waals surface area contributed by atoms with E-state index >= 15 is 0 Å². The van der Waals surface area contributed by atoms with Gasteiger partial charge in [0.1, 0.15) is 0 Å². The molecule has 0 aromatic heterocycles. The molecule has 1 aromatic rings. The van der Waals surface area contributed by atoms with Crippen molar-refractivity contribution in [1.82, 2.24) is 10.6 Å². The predicted octanol–water partition coefficient (Wildman–Crippen LogP) is 2.74. The van der Waals surface area contributed by atoms with Gasteiger partial charge in [0, 0.05) is 26.7 Å². The van der Waals surface area contributed by atoms with Crippen LogP contribution in [0.15, 0.2) is 29.3 Å². The van der Waals surface area contributed by atoms with Gasteiger partial charge in [0.05, 0.1) is 11.4 Å². The van der Waals surface area contributed by atoms with Crippen molar-refractivity contribution in [3.8, 4) is 0 Å². The number of para-hydroxylation sites is 1. The number of fused-ring (bicyclic) bond motifs is 1. The number of guanidine groups is 1. The number of benzene rings is 1. The van der Waals surface area contributed by atoms with Crippen LogP contribution in [-0.2, 0) is 16.4 Å². The Morgan fingerprint density at radius 3 is 2.63 bits per heavy atom. The van der Waals surface area contributed by atoms with E-state index in [2.05, 4.69) is 22.5 Å². The molecule has 1 aromatic carbocycles. The molecule has 152 valence electrons. The maximum Gasteiger partial charge on any atom is 0.236 e. The molecule has 0 atom stereocenters. The van der Waals surface area contributed by atoms with Crippen LogP contribution in [-0.4, -0.2) is 46.8 Å². The molecule has 27 heavy (non-hydrogen) atoms. The summed E-state index contributed by atoms with van der Waals surface area (Å²) in [6.07, 6.45) is 5.77. The Hall–Kier alpha value is -1.03. The Balaban J connectivity index is 0.00000261. The lowest BCUT2D eigenvalue weighted by atomic mass is 9.67. The summed E-state index contributed by atoms with van der Waals surface area (Å²) in [6, 6.07) is 7.73. The number of rotatable bonds is 7. The van der Waals surface area contributed by atoms with Crippen LogP contribution < -0.4 is 14.9 Å². The summed E-state index contributed by atoms with van der Waals surface area (Å²) in [5.41, 5.74) is 2.32. The zero-order chi connectivity index (χ0) is 18.6. The molecule has 1 aliphatic carbocycles. The summed E-state index contributed by atoms with van der Waals surface area (Å²) in [4.78, 5) is 4.22. The highest BCUT2D eigenvalue weighted by Gasteiger charge is 2.35. The number of aliphatic imine (C=N–C) groups is 1. The van der Waals surface area contributed by atoms with Crippen LogP contribution in [0.4, 0.5) is 5.69 Å². The molecule has 0 radical (unpaired) electrons. The summed E-state index contributed by atoms with van der Waals surface area (Å²) < 4.78 is 27.0. The number of hydrogen-bond donors (Lipinski definition) is 2. The van der Waals surface area contributed by atoms with Crippen LogP contribution in [0.3, 0.4) is 0 Å². The van der Waals surface area contributed by atoms with E-state index in [0.717, 1.165) is 24.2 Å². The van der Waals surface area contributed by atoms with Gasteiger partial charge in [0.15, 0.2) is 5.96 Å². The van der Waals surface area contributed by atoms with E-state index in [0.29, 0.717) is 24.5 Å². The quantitative estimate of drug-likeness (QED) is 0.339. The van der Waals surface area contributed by atoms with Crippen LogP contribution in [0.2, 0.25) is 0 Å². The monoisotopic (exact) mass is 506 g/mol. The zero-order valence-corrected chi connectivity index (χ0v) is 19.3. The van der Waals surface area contributed by atoms with Gasteiger partial charge in [-0.2, -0.15) is 0 Å². The Morgan fingerprint density at radius 2 is 2.00 bits per heavy atom. The number of nitrogens with zero attached hydrogens (tertiary/aromatic N) is 2. The average molecular weight is 506 g/mol. The molecule has 0 spiro atoms. The fourth-order valence-electron chi connectivity index (χ4n) is 3.83. The van der Waals surface area contributed by atoms with Crippen molar-refractivity contribution in [1.29, 1.82) is 0 Å². The normalized spacial score (nSPS) is 18.3. The van der Waals surface area contributed by atoms with E-state index in [9.17, 15) is 8.42 Å². The van der Waals surface area contributed by atoms with Gasteiger partial charge in [-0.05, 0) is 42.7 Å². The molecule has 1 heterocycles. The maximum absolute atomic E-state index is 12.7. The number of anilines is 1. The Morgan fingerprint density at radius 1 is 1.26 bits per heavy atom. The summed E-state index contributed by atoms with van der Waals surface area (Å²) in [5.74, 6) is 0.739. The van der Waals surface area contributed by atoms with Gasteiger partial charge >= 0.3 is 0 Å². The van der Waals surface area contributed by atoms with Gasteiger partial charge in [0.25, 0.3) is 0 Å². The van der Waals surface area contributed by atoms with E-state index in [4.69, 9.17) is 0 Å². The van der Waals surface area contributed by atoms with Gasteiger partial charge in [-0.25, -0.2) is 8.42 Å². The largest absolute Gasteiger partial charge is 0.356 e. The first kappa shape index (κ1) is 22.3. The lowest BCUT2D eigenvalue weighted by molar-refractivity contribution is 0.131. The highest BCUT2D eigenvalue weighted by Crippen LogP contribution is 2.43. The zero-order valence-electron chi connectivity index (χ0n) is 16.2. The van der Waals surface area contributed by atoms with E-state index < -0.39 is 10.0 Å². The molecular formula is C19H31IN4O2S. The SMILES string of the molecule is CCC1(CNC(=NC)NCCS(=O)(=O)N2CCc3ccccc32)CCC1.I. The smallest absolute Gasteiger partial charge is 0.236 e. The highest BCUT2D eigenvalue weighted by molar-refractivity contribution is 14.0. The van der Waals surface area contributed by atoms with Crippen LogP contribution in [0.25, 0.3) is 0 Å². The molecular weight excluding hydrogens is 475 g/mol. The summed E-state index contributed by atoms with van der Waals surface area (Å²) in [5, 5.41) is 6.52. The van der Waals surface area contributed by atoms with Crippen LogP contribution >= 0.6 is 24.0 Å². The Labute approximate surface area is 180 Å². The second kappa shape index (κ2) is 9.45. The van der Waals surface area contributed by atoms with Crippen LogP contribution in [0.5, 0.6) is 0 Å². The second-order valence-electron chi connectivity index (χ2n) is 7.33. The maximum atomic E-state index is 12.7. The van der Waals surface area contributed by atoms with Crippen molar-refractivity contribution in [3.63, 3.8) is 0 Å². The lowest BCUT2D eigenvalue weighted by Gasteiger charge is -2.41. The number of sulfonamides is 1. The van der Waals surface area contributed by atoms with Gasteiger partial charge in [0.2, 0.25) is 10.0 Å². The summed E-state index contributed by atoms with van der Waals surface area (Å²) in [6.45, 7) is 4.01. The second-order valence-corrected chi connectivity index (χ2v) is 9.34. The molecule has 8 heteroatoms. The average Bonchev–Trinajstić information content (AvgIpc) is 3.04. The molecule has 3 rings (SSSR count). The molecule has 1 aliphatic heterocycles. The number of halogens is 1. The van der Waals surface area contributed by atoms with Gasteiger partial charge in [-0.3, -0.25) is 9.30 Å². The van der Waals surface area contributed by atoms with E-state index in [1.54, 1.807) is 11.4 Å². The molecule has 1 saturated carbocycles. The minimum atomic E-state index is -3.33. The molecule has 0 saturated heterocycles. The predicted molar refractivity (Wildman–Crippen MR) is 123 cm³/mol. The van der Waals surface area contributed by atoms with Crippen molar-refractivity contribution < 1.29 is 8.42 Å². The number of hydrogen-bond acceptors (Lipinski definition) is 3. The van der Waals surface area contributed by atoms with Crippen molar-refractivity contribution in [2.24, 2.45) is 10.4 Å². The van der Waals surface area contributed by atoms with Crippen molar-refractivity contribution in [2.75, 3.05) is 36.7 Å². The molecule has 2 N–H and O–H groups in total. The van der Waals surface area contributed by atoms with E-state index in [-0.39, 0.29) is 29.7 Å². The lowest BCUT2D eigenvalue weighted by Crippen LogP contribution is -2.47. The van der Waals surface area contributed by atoms with Gasteiger partial charge < -0.3 is 10.6 Å². The third-order valence-corrected chi connectivity index (χ3v) is 7.62. The summed E-state index contributed by atoms with van der Waals surface area (Å²) in [7, 11) is -1.61. The molecule has 1 fully saturated rings. The minimum absolute atomic E-state index is 0. The third kappa shape index (κ3) is 5.07. The van der Waals surface area contributed by atoms with Crippen molar-refractivity contribution in [2.45, 2.75) is 39.0 Å². The topological polar surface area (TPSA) is 73.8 Å². The van der Waals surface area contributed by atoms with Crippen LogP contribution in [0, 0.1) is 5.41 Å². The Bertz CT molecular complexity index is 757. The first-order valence-electron chi connectivity index (χ1n) is 9.52. The number of nitrogens with one attached hydrogen (secondary N) is 2. The molecule has 0 bridgehead atoms. The minimum Gasteiger partial charge on any atom is -0.356 e.